The maximum atomic E-state index is 13.5. The van der Waals surface area contributed by atoms with Crippen molar-refractivity contribution in [3.05, 3.63) is 0 Å². The average Bonchev–Trinajstić information content (AvgIpc) is 2.33. The monoisotopic (exact) mass is 280 g/mol. The molecule has 2 bridgehead atoms. The second kappa shape index (κ2) is 5.01. The number of rotatable bonds is 4. The SMILES string of the molecule is CC(=O)OC[C@@H]1[C@@H](COC(C)=O)O[C@H]2O[C@@H]1C2(F)F. The van der Waals surface area contributed by atoms with Gasteiger partial charge in [0.2, 0.25) is 6.29 Å². The van der Waals surface area contributed by atoms with E-state index in [1.807, 2.05) is 0 Å². The van der Waals surface area contributed by atoms with Gasteiger partial charge in [-0.05, 0) is 0 Å². The third-order valence-corrected chi connectivity index (χ3v) is 3.06. The second-order valence-electron chi connectivity index (χ2n) is 4.51. The Morgan fingerprint density at radius 2 is 1.68 bits per heavy atom. The van der Waals surface area contributed by atoms with Gasteiger partial charge in [-0.3, -0.25) is 9.59 Å². The molecule has 0 aromatic rings. The molecular weight excluding hydrogens is 266 g/mol. The summed E-state index contributed by atoms with van der Waals surface area (Å²) in [6, 6.07) is 0. The molecule has 0 saturated carbocycles. The number of alkyl halides is 2. The summed E-state index contributed by atoms with van der Waals surface area (Å²) in [6.45, 7) is 1.94. The number of halogens is 2. The molecule has 3 rings (SSSR count). The van der Waals surface area contributed by atoms with Crippen molar-refractivity contribution in [2.24, 2.45) is 5.92 Å². The van der Waals surface area contributed by atoms with Crippen LogP contribution in [0, 0.1) is 5.92 Å². The van der Waals surface area contributed by atoms with E-state index in [0.29, 0.717) is 0 Å². The van der Waals surface area contributed by atoms with Gasteiger partial charge in [0.25, 0.3) is 0 Å². The summed E-state index contributed by atoms with van der Waals surface area (Å²) in [5.74, 6) is -5.11. The molecule has 4 atom stereocenters. The molecule has 0 aromatic heterocycles. The van der Waals surface area contributed by atoms with Gasteiger partial charge in [-0.1, -0.05) is 0 Å². The first-order valence-electron chi connectivity index (χ1n) is 5.78. The van der Waals surface area contributed by atoms with E-state index in [9.17, 15) is 18.4 Å². The lowest BCUT2D eigenvalue weighted by molar-refractivity contribution is -0.460. The van der Waals surface area contributed by atoms with Gasteiger partial charge in [0.15, 0.2) is 0 Å². The molecule has 0 aliphatic carbocycles. The molecule has 3 aliphatic rings. The highest BCUT2D eigenvalue weighted by molar-refractivity contribution is 5.66. The zero-order valence-corrected chi connectivity index (χ0v) is 10.4. The smallest absolute Gasteiger partial charge is 0.323 e. The number of ether oxygens (including phenoxy) is 4. The van der Waals surface area contributed by atoms with Gasteiger partial charge in [0.05, 0.1) is 12.5 Å². The van der Waals surface area contributed by atoms with Crippen molar-refractivity contribution in [2.45, 2.75) is 38.3 Å². The fraction of sp³-hybridized carbons (Fsp3) is 0.818. The number of hydrogen-bond acceptors (Lipinski definition) is 6. The Hall–Kier alpha value is -1.28. The van der Waals surface area contributed by atoms with Crippen molar-refractivity contribution in [1.29, 1.82) is 0 Å². The number of fused-ring (bicyclic) bond motifs is 2. The predicted octanol–water partition coefficient (Wildman–Crippen LogP) is 0.488. The van der Waals surface area contributed by atoms with Crippen LogP contribution in [0.25, 0.3) is 0 Å². The largest absolute Gasteiger partial charge is 0.465 e. The van der Waals surface area contributed by atoms with Crippen LogP contribution >= 0.6 is 0 Å². The molecule has 0 unspecified atom stereocenters. The Morgan fingerprint density at radius 3 is 2.21 bits per heavy atom. The molecule has 0 spiro atoms. The fourth-order valence-corrected chi connectivity index (χ4v) is 2.11. The summed E-state index contributed by atoms with van der Waals surface area (Å²) in [6.07, 6.45) is -3.77. The predicted molar refractivity (Wildman–Crippen MR) is 55.2 cm³/mol. The Kier molecular flexibility index (Phi) is 3.73. The van der Waals surface area contributed by atoms with Gasteiger partial charge in [0, 0.05) is 13.8 Å². The molecule has 3 aliphatic heterocycles. The van der Waals surface area contributed by atoms with E-state index >= 15 is 0 Å². The molecule has 0 radical (unpaired) electrons. The topological polar surface area (TPSA) is 71.1 Å². The van der Waals surface area contributed by atoms with Crippen molar-refractivity contribution >= 4 is 11.9 Å². The summed E-state index contributed by atoms with van der Waals surface area (Å²) < 4.78 is 46.4. The first kappa shape index (κ1) is 14.1. The van der Waals surface area contributed by atoms with Crippen molar-refractivity contribution in [1.82, 2.24) is 0 Å². The Morgan fingerprint density at radius 1 is 1.11 bits per heavy atom. The van der Waals surface area contributed by atoms with E-state index < -0.39 is 42.3 Å². The van der Waals surface area contributed by atoms with E-state index in [0.717, 1.165) is 0 Å². The molecule has 3 fully saturated rings. The summed E-state index contributed by atoms with van der Waals surface area (Å²) in [4.78, 5) is 21.5. The van der Waals surface area contributed by atoms with Crippen LogP contribution in [0.5, 0.6) is 0 Å². The quantitative estimate of drug-likeness (QED) is 0.698. The van der Waals surface area contributed by atoms with Gasteiger partial charge < -0.3 is 18.9 Å². The van der Waals surface area contributed by atoms with E-state index in [1.165, 1.54) is 13.8 Å². The Labute approximate surface area is 107 Å². The lowest BCUT2D eigenvalue weighted by Crippen LogP contribution is -2.72. The minimum absolute atomic E-state index is 0.173. The molecular formula is C11H14F2O6. The van der Waals surface area contributed by atoms with Crippen LogP contribution < -0.4 is 0 Å². The van der Waals surface area contributed by atoms with Crippen LogP contribution in [0.2, 0.25) is 0 Å². The molecule has 0 aromatic carbocycles. The van der Waals surface area contributed by atoms with Gasteiger partial charge in [-0.2, -0.15) is 8.78 Å². The molecule has 3 saturated heterocycles. The molecule has 108 valence electrons. The highest BCUT2D eigenvalue weighted by Crippen LogP contribution is 2.49. The minimum atomic E-state index is -3.11. The molecule has 0 N–H and O–H groups in total. The van der Waals surface area contributed by atoms with E-state index in [1.54, 1.807) is 0 Å². The van der Waals surface area contributed by atoms with Crippen molar-refractivity contribution < 1.29 is 37.3 Å². The van der Waals surface area contributed by atoms with Crippen LogP contribution in [0.4, 0.5) is 8.78 Å². The molecule has 0 amide bonds. The number of esters is 2. The molecule has 6 nitrogen and oxygen atoms in total. The molecule has 19 heavy (non-hydrogen) atoms. The van der Waals surface area contributed by atoms with Crippen LogP contribution in [-0.4, -0.2) is 49.6 Å². The van der Waals surface area contributed by atoms with Gasteiger partial charge in [-0.25, -0.2) is 0 Å². The van der Waals surface area contributed by atoms with E-state index in [2.05, 4.69) is 0 Å². The summed E-state index contributed by atoms with van der Waals surface area (Å²) in [7, 11) is 0. The number of carbonyl (C=O) groups excluding carboxylic acids is 2. The van der Waals surface area contributed by atoms with Crippen LogP contribution in [-0.2, 0) is 28.5 Å². The lowest BCUT2D eigenvalue weighted by atomic mass is 9.85. The molecule has 3 heterocycles. The van der Waals surface area contributed by atoms with Gasteiger partial charge >= 0.3 is 17.9 Å². The number of carbonyl (C=O) groups is 2. The van der Waals surface area contributed by atoms with Crippen molar-refractivity contribution in [2.75, 3.05) is 13.2 Å². The third-order valence-electron chi connectivity index (χ3n) is 3.06. The molecule has 8 heteroatoms. The van der Waals surface area contributed by atoms with Crippen LogP contribution in [0.3, 0.4) is 0 Å². The summed E-state index contributed by atoms with van der Waals surface area (Å²) in [5, 5.41) is 0. The first-order valence-corrected chi connectivity index (χ1v) is 5.78. The highest BCUT2D eigenvalue weighted by atomic mass is 19.3. The Bertz CT molecular complexity index is 385. The third kappa shape index (κ3) is 2.69. The summed E-state index contributed by atoms with van der Waals surface area (Å²) >= 11 is 0. The highest BCUT2D eigenvalue weighted by Gasteiger charge is 2.69. The normalized spacial score (nSPS) is 35.2. The van der Waals surface area contributed by atoms with Gasteiger partial charge in [-0.15, -0.1) is 0 Å². The van der Waals surface area contributed by atoms with Gasteiger partial charge in [0.1, 0.15) is 18.8 Å². The number of hydrogen-bond donors (Lipinski definition) is 0. The minimum Gasteiger partial charge on any atom is -0.465 e. The van der Waals surface area contributed by atoms with Crippen LogP contribution in [0.15, 0.2) is 0 Å². The standard InChI is InChI=1S/C11H14F2O6/c1-5(14)16-3-7-8(4-17-6(2)15)18-10-11(12,13)9(7)19-10/h7-10H,3-4H2,1-2H3/t7-,8-,9+,10+/m1/s1. The fourth-order valence-electron chi connectivity index (χ4n) is 2.11. The lowest BCUT2D eigenvalue weighted by Gasteiger charge is -2.54. The Balaban J connectivity index is 2.01. The maximum Gasteiger partial charge on any atom is 0.323 e. The zero-order chi connectivity index (χ0) is 14.2. The zero-order valence-electron chi connectivity index (χ0n) is 10.4. The van der Waals surface area contributed by atoms with E-state index in [4.69, 9.17) is 18.9 Å². The van der Waals surface area contributed by atoms with Crippen molar-refractivity contribution in [3.8, 4) is 0 Å². The first-order chi connectivity index (χ1) is 8.82. The maximum absolute atomic E-state index is 13.5. The average molecular weight is 280 g/mol. The summed E-state index contributed by atoms with van der Waals surface area (Å²) in [5.41, 5.74) is 0. The van der Waals surface area contributed by atoms with Crippen LogP contribution in [0.1, 0.15) is 13.8 Å². The van der Waals surface area contributed by atoms with E-state index in [-0.39, 0.29) is 13.2 Å². The second-order valence-corrected chi connectivity index (χ2v) is 4.51. The van der Waals surface area contributed by atoms with Crippen molar-refractivity contribution in [3.63, 3.8) is 0 Å².